The van der Waals surface area contributed by atoms with Crippen LogP contribution in [-0.4, -0.2) is 17.1 Å². The summed E-state index contributed by atoms with van der Waals surface area (Å²) in [4.78, 5) is 8.85. The van der Waals surface area contributed by atoms with Gasteiger partial charge in [-0.15, -0.1) is 0 Å². The van der Waals surface area contributed by atoms with E-state index in [1.807, 2.05) is 6.20 Å². The van der Waals surface area contributed by atoms with Crippen molar-refractivity contribution in [1.29, 1.82) is 0 Å². The van der Waals surface area contributed by atoms with Crippen molar-refractivity contribution in [3.63, 3.8) is 0 Å². The Labute approximate surface area is 131 Å². The van der Waals surface area contributed by atoms with Crippen LogP contribution in [0.3, 0.4) is 0 Å². The van der Waals surface area contributed by atoms with Crippen LogP contribution in [0.2, 0.25) is 0 Å². The van der Waals surface area contributed by atoms with Crippen LogP contribution in [0.1, 0.15) is 48.4 Å². The van der Waals surface area contributed by atoms with E-state index in [-0.39, 0.29) is 0 Å². The van der Waals surface area contributed by atoms with E-state index < -0.39 is 0 Å². The lowest BCUT2D eigenvalue weighted by Crippen LogP contribution is -2.27. The summed E-state index contributed by atoms with van der Waals surface area (Å²) in [6.45, 7) is 0. The molecular formula is C19H22N2O. The molecule has 4 rings (SSSR count). The fourth-order valence-corrected chi connectivity index (χ4v) is 4.29. The van der Waals surface area contributed by atoms with Gasteiger partial charge in [-0.05, 0) is 55.1 Å². The monoisotopic (exact) mass is 294 g/mol. The third-order valence-electron chi connectivity index (χ3n) is 5.57. The zero-order chi connectivity index (χ0) is 15.0. The molecule has 2 aromatic rings. The highest BCUT2D eigenvalue weighted by Crippen LogP contribution is 2.50. The normalized spacial score (nSPS) is 20.0. The summed E-state index contributed by atoms with van der Waals surface area (Å²) in [6, 6.07) is 8.98. The molecule has 2 aliphatic rings. The third kappa shape index (κ3) is 2.39. The average molecular weight is 294 g/mol. The minimum absolute atomic E-state index is 0.514. The highest BCUT2D eigenvalue weighted by Gasteiger charge is 2.40. The fraction of sp³-hybridized carbons (Fsp3) is 0.474. The first kappa shape index (κ1) is 13.7. The summed E-state index contributed by atoms with van der Waals surface area (Å²) < 4.78 is 5.09. The second-order valence-corrected chi connectivity index (χ2v) is 6.88. The van der Waals surface area contributed by atoms with Gasteiger partial charge in [-0.3, -0.25) is 4.98 Å². The number of rotatable bonds is 2. The van der Waals surface area contributed by atoms with Gasteiger partial charge in [-0.2, -0.15) is 0 Å². The number of methoxy groups -OCH3 is 1. The van der Waals surface area contributed by atoms with E-state index in [4.69, 9.17) is 4.74 Å². The Morgan fingerprint density at radius 3 is 2.23 bits per heavy atom. The molecule has 22 heavy (non-hydrogen) atoms. The highest BCUT2D eigenvalue weighted by atomic mass is 16.5. The summed E-state index contributed by atoms with van der Waals surface area (Å²) in [5.41, 5.74) is 4.79. The van der Waals surface area contributed by atoms with Crippen LogP contribution in [-0.2, 0) is 12.8 Å². The SMILES string of the molecule is COc1cnc(C2CCC3(CC2)Cc2ccccc2C3)cn1. The topological polar surface area (TPSA) is 35.0 Å². The van der Waals surface area contributed by atoms with Gasteiger partial charge < -0.3 is 4.74 Å². The van der Waals surface area contributed by atoms with E-state index in [2.05, 4.69) is 34.2 Å². The van der Waals surface area contributed by atoms with Crippen LogP contribution in [0.5, 0.6) is 5.88 Å². The van der Waals surface area contributed by atoms with Crippen molar-refractivity contribution < 1.29 is 4.74 Å². The second-order valence-electron chi connectivity index (χ2n) is 6.88. The maximum Gasteiger partial charge on any atom is 0.231 e. The molecule has 2 aliphatic carbocycles. The average Bonchev–Trinajstić information content (AvgIpc) is 2.93. The van der Waals surface area contributed by atoms with E-state index in [9.17, 15) is 0 Å². The standard InChI is InChI=1S/C19H22N2O/c1-22-18-13-20-17(12-21-18)14-6-8-19(9-7-14)10-15-4-2-3-5-16(15)11-19/h2-5,12-14H,6-11H2,1H3. The molecule has 1 fully saturated rings. The lowest BCUT2D eigenvalue weighted by Gasteiger charge is -2.37. The molecule has 1 aromatic heterocycles. The van der Waals surface area contributed by atoms with E-state index in [0.717, 1.165) is 5.69 Å². The molecule has 1 spiro atoms. The molecule has 3 nitrogen and oxygen atoms in total. The van der Waals surface area contributed by atoms with Crippen molar-refractivity contribution in [3.05, 3.63) is 53.5 Å². The first-order valence-electron chi connectivity index (χ1n) is 8.21. The first-order valence-corrected chi connectivity index (χ1v) is 8.21. The van der Waals surface area contributed by atoms with Gasteiger partial charge in [0, 0.05) is 5.92 Å². The molecule has 1 heterocycles. The minimum atomic E-state index is 0.514. The summed E-state index contributed by atoms with van der Waals surface area (Å²) in [6.07, 6.45) is 11.2. The van der Waals surface area contributed by atoms with Crippen molar-refractivity contribution in [3.8, 4) is 5.88 Å². The Bertz CT molecular complexity index is 630. The van der Waals surface area contributed by atoms with Gasteiger partial charge in [0.15, 0.2) is 0 Å². The van der Waals surface area contributed by atoms with E-state index in [1.165, 1.54) is 38.5 Å². The lowest BCUT2D eigenvalue weighted by molar-refractivity contribution is 0.185. The van der Waals surface area contributed by atoms with Gasteiger partial charge in [0.1, 0.15) is 0 Å². The number of aromatic nitrogens is 2. The molecule has 0 atom stereocenters. The van der Waals surface area contributed by atoms with Gasteiger partial charge >= 0.3 is 0 Å². The molecule has 3 heteroatoms. The Morgan fingerprint density at radius 1 is 1.00 bits per heavy atom. The van der Waals surface area contributed by atoms with E-state index in [0.29, 0.717) is 17.2 Å². The Hall–Kier alpha value is -1.90. The molecule has 114 valence electrons. The predicted molar refractivity (Wildman–Crippen MR) is 86.1 cm³/mol. The Balaban J connectivity index is 1.45. The fourth-order valence-electron chi connectivity index (χ4n) is 4.29. The van der Waals surface area contributed by atoms with Crippen LogP contribution >= 0.6 is 0 Å². The number of hydrogen-bond donors (Lipinski definition) is 0. The summed E-state index contributed by atoms with van der Waals surface area (Å²) in [7, 11) is 1.63. The van der Waals surface area contributed by atoms with Crippen molar-refractivity contribution in [1.82, 2.24) is 9.97 Å². The van der Waals surface area contributed by atoms with Gasteiger partial charge in [0.2, 0.25) is 5.88 Å². The molecule has 0 saturated heterocycles. The third-order valence-corrected chi connectivity index (χ3v) is 5.57. The number of ether oxygens (including phenoxy) is 1. The zero-order valence-corrected chi connectivity index (χ0v) is 13.1. The van der Waals surface area contributed by atoms with Crippen LogP contribution in [0.15, 0.2) is 36.7 Å². The van der Waals surface area contributed by atoms with Crippen molar-refractivity contribution in [2.24, 2.45) is 5.41 Å². The van der Waals surface area contributed by atoms with Crippen molar-refractivity contribution >= 4 is 0 Å². The predicted octanol–water partition coefficient (Wildman–Crippen LogP) is 3.93. The highest BCUT2D eigenvalue weighted by molar-refractivity contribution is 5.34. The lowest BCUT2D eigenvalue weighted by atomic mass is 9.68. The van der Waals surface area contributed by atoms with Crippen LogP contribution in [0.4, 0.5) is 0 Å². The van der Waals surface area contributed by atoms with Crippen LogP contribution in [0, 0.1) is 5.41 Å². The largest absolute Gasteiger partial charge is 0.480 e. The maximum absolute atomic E-state index is 5.09. The molecular weight excluding hydrogens is 272 g/mol. The van der Waals surface area contributed by atoms with Gasteiger partial charge in [-0.25, -0.2) is 4.98 Å². The van der Waals surface area contributed by atoms with E-state index in [1.54, 1.807) is 24.4 Å². The number of benzene rings is 1. The van der Waals surface area contributed by atoms with Gasteiger partial charge in [0.05, 0.1) is 25.2 Å². The molecule has 0 amide bonds. The zero-order valence-electron chi connectivity index (χ0n) is 13.1. The number of nitrogens with zero attached hydrogens (tertiary/aromatic N) is 2. The number of hydrogen-bond acceptors (Lipinski definition) is 3. The summed E-state index contributed by atoms with van der Waals surface area (Å²) >= 11 is 0. The van der Waals surface area contributed by atoms with Gasteiger partial charge in [-0.1, -0.05) is 24.3 Å². The van der Waals surface area contributed by atoms with Gasteiger partial charge in [0.25, 0.3) is 0 Å². The molecule has 0 unspecified atom stereocenters. The number of fused-ring (bicyclic) bond motifs is 1. The van der Waals surface area contributed by atoms with Crippen LogP contribution in [0.25, 0.3) is 0 Å². The Kier molecular flexibility index (Phi) is 3.36. The molecule has 1 saturated carbocycles. The minimum Gasteiger partial charge on any atom is -0.480 e. The van der Waals surface area contributed by atoms with E-state index >= 15 is 0 Å². The maximum atomic E-state index is 5.09. The molecule has 0 N–H and O–H groups in total. The quantitative estimate of drug-likeness (QED) is 0.842. The molecule has 0 bridgehead atoms. The molecule has 0 radical (unpaired) electrons. The molecule has 0 aliphatic heterocycles. The van der Waals surface area contributed by atoms with Crippen molar-refractivity contribution in [2.45, 2.75) is 44.4 Å². The summed E-state index contributed by atoms with van der Waals surface area (Å²) in [5.74, 6) is 1.16. The van der Waals surface area contributed by atoms with Crippen molar-refractivity contribution in [2.75, 3.05) is 7.11 Å². The smallest absolute Gasteiger partial charge is 0.231 e. The molecule has 1 aromatic carbocycles. The Morgan fingerprint density at radius 2 is 1.68 bits per heavy atom. The summed E-state index contributed by atoms with van der Waals surface area (Å²) in [5, 5.41) is 0. The first-order chi connectivity index (χ1) is 10.8. The van der Waals surface area contributed by atoms with Crippen LogP contribution < -0.4 is 4.74 Å². The second kappa shape index (κ2) is 5.38.